The molecule has 0 saturated heterocycles. The smallest absolute Gasteiger partial charge is 0.264 e. The molecule has 0 saturated carbocycles. The Balaban J connectivity index is 1.77. The van der Waals surface area contributed by atoms with Crippen molar-refractivity contribution in [2.75, 3.05) is 16.7 Å². The van der Waals surface area contributed by atoms with Crippen molar-refractivity contribution in [3.05, 3.63) is 76.3 Å². The summed E-state index contributed by atoms with van der Waals surface area (Å²) in [4.78, 5) is 12.8. The third kappa shape index (κ3) is 3.65. The third-order valence-electron chi connectivity index (χ3n) is 5.41. The number of ether oxygens (including phenoxy) is 1. The van der Waals surface area contributed by atoms with Gasteiger partial charge in [-0.15, -0.1) is 0 Å². The van der Waals surface area contributed by atoms with Gasteiger partial charge in [0.1, 0.15) is 5.75 Å². The molecule has 3 aromatic carbocycles. The molecular weight excluding hydrogens is 412 g/mol. The number of nitrogens with zero attached hydrogens (tertiary/aromatic N) is 1. The van der Waals surface area contributed by atoms with Crippen LogP contribution in [0.4, 0.5) is 11.4 Å². The molecule has 0 fully saturated rings. The SMILES string of the molecule is Cc1cc(C)c(N(C)S(=O)(=O)c2ccc3c(c2)C(=O)Nc2ccc(C)cc2O3)c(C)c1. The Bertz CT molecular complexity index is 1310. The lowest BCUT2D eigenvalue weighted by molar-refractivity contribution is 0.102. The Labute approximate surface area is 182 Å². The van der Waals surface area contributed by atoms with Crippen LogP contribution >= 0.6 is 0 Å². The molecule has 3 aromatic rings. The van der Waals surface area contributed by atoms with Crippen molar-refractivity contribution >= 4 is 27.3 Å². The molecule has 1 amide bonds. The normalized spacial score (nSPS) is 12.9. The number of carbonyl (C=O) groups excluding carboxylic acids is 1. The van der Waals surface area contributed by atoms with Crippen LogP contribution in [0.2, 0.25) is 0 Å². The van der Waals surface area contributed by atoms with Crippen LogP contribution in [0.1, 0.15) is 32.6 Å². The summed E-state index contributed by atoms with van der Waals surface area (Å²) in [5.74, 6) is 0.414. The van der Waals surface area contributed by atoms with E-state index in [1.165, 1.54) is 29.6 Å². The van der Waals surface area contributed by atoms with Gasteiger partial charge in [0.25, 0.3) is 15.9 Å². The molecule has 0 aromatic heterocycles. The largest absolute Gasteiger partial charge is 0.454 e. The van der Waals surface area contributed by atoms with Crippen molar-refractivity contribution in [1.82, 2.24) is 0 Å². The molecule has 31 heavy (non-hydrogen) atoms. The van der Waals surface area contributed by atoms with E-state index in [4.69, 9.17) is 4.74 Å². The zero-order valence-electron chi connectivity index (χ0n) is 18.1. The van der Waals surface area contributed by atoms with Gasteiger partial charge in [0.2, 0.25) is 0 Å². The second-order valence-electron chi connectivity index (χ2n) is 7.93. The lowest BCUT2D eigenvalue weighted by atomic mass is 10.1. The molecule has 6 nitrogen and oxygen atoms in total. The monoisotopic (exact) mass is 436 g/mol. The van der Waals surface area contributed by atoms with Gasteiger partial charge in [-0.05, 0) is 74.7 Å². The van der Waals surface area contributed by atoms with E-state index in [0.29, 0.717) is 22.9 Å². The van der Waals surface area contributed by atoms with Gasteiger partial charge >= 0.3 is 0 Å². The van der Waals surface area contributed by atoms with Gasteiger partial charge in [-0.3, -0.25) is 9.10 Å². The van der Waals surface area contributed by atoms with Crippen LogP contribution in [0.5, 0.6) is 11.5 Å². The number of carbonyl (C=O) groups is 1. The molecule has 0 spiro atoms. The fourth-order valence-corrected chi connectivity index (χ4v) is 5.36. The number of hydrogen-bond acceptors (Lipinski definition) is 4. The number of hydrogen-bond donors (Lipinski definition) is 1. The van der Waals surface area contributed by atoms with Crippen LogP contribution in [0, 0.1) is 27.7 Å². The Morgan fingerprint density at radius 3 is 2.19 bits per heavy atom. The van der Waals surface area contributed by atoms with Gasteiger partial charge in [0, 0.05) is 7.05 Å². The van der Waals surface area contributed by atoms with E-state index in [0.717, 1.165) is 22.3 Å². The van der Waals surface area contributed by atoms with Crippen LogP contribution in [0.15, 0.2) is 53.4 Å². The Hall–Kier alpha value is -3.32. The summed E-state index contributed by atoms with van der Waals surface area (Å²) in [7, 11) is -2.37. The quantitative estimate of drug-likeness (QED) is 0.620. The van der Waals surface area contributed by atoms with E-state index in [9.17, 15) is 13.2 Å². The highest BCUT2D eigenvalue weighted by Crippen LogP contribution is 2.38. The Morgan fingerprint density at radius 1 is 0.839 bits per heavy atom. The maximum absolute atomic E-state index is 13.4. The molecule has 1 aliphatic rings. The number of anilines is 2. The zero-order valence-corrected chi connectivity index (χ0v) is 18.9. The Morgan fingerprint density at radius 2 is 1.52 bits per heavy atom. The summed E-state index contributed by atoms with van der Waals surface area (Å²) >= 11 is 0. The number of benzene rings is 3. The fraction of sp³-hybridized carbons (Fsp3) is 0.208. The Kier molecular flexibility index (Phi) is 5.01. The van der Waals surface area contributed by atoms with E-state index in [1.54, 1.807) is 6.07 Å². The van der Waals surface area contributed by atoms with Gasteiger partial charge in [-0.1, -0.05) is 23.8 Å². The van der Waals surface area contributed by atoms with Crippen LogP contribution in [-0.2, 0) is 10.0 Å². The molecule has 1 heterocycles. The summed E-state index contributed by atoms with van der Waals surface area (Å²) < 4.78 is 34.0. The zero-order chi connectivity index (χ0) is 22.5. The van der Waals surface area contributed by atoms with Gasteiger partial charge in [-0.2, -0.15) is 0 Å². The average molecular weight is 437 g/mol. The lowest BCUT2D eigenvalue weighted by Crippen LogP contribution is -2.28. The lowest BCUT2D eigenvalue weighted by Gasteiger charge is -2.24. The van der Waals surface area contributed by atoms with E-state index in [1.807, 2.05) is 52.0 Å². The summed E-state index contributed by atoms with van der Waals surface area (Å²) in [5.41, 5.74) is 5.12. The summed E-state index contributed by atoms with van der Waals surface area (Å²) in [6, 6.07) is 13.7. The predicted molar refractivity (Wildman–Crippen MR) is 122 cm³/mol. The van der Waals surface area contributed by atoms with Crippen molar-refractivity contribution in [3.63, 3.8) is 0 Å². The topological polar surface area (TPSA) is 75.7 Å². The van der Waals surface area contributed by atoms with Gasteiger partial charge in [0.05, 0.1) is 21.8 Å². The molecule has 1 aliphatic heterocycles. The third-order valence-corrected chi connectivity index (χ3v) is 7.16. The molecule has 160 valence electrons. The minimum atomic E-state index is -3.90. The molecule has 0 unspecified atom stereocenters. The van der Waals surface area contributed by atoms with E-state index < -0.39 is 15.9 Å². The van der Waals surface area contributed by atoms with Crippen LogP contribution < -0.4 is 14.4 Å². The first-order chi connectivity index (χ1) is 14.6. The van der Waals surface area contributed by atoms with Gasteiger partial charge in [-0.25, -0.2) is 8.42 Å². The molecule has 1 N–H and O–H groups in total. The maximum Gasteiger partial charge on any atom is 0.264 e. The van der Waals surface area contributed by atoms with Crippen molar-refractivity contribution in [2.24, 2.45) is 0 Å². The van der Waals surface area contributed by atoms with Gasteiger partial charge < -0.3 is 10.1 Å². The highest BCUT2D eigenvalue weighted by molar-refractivity contribution is 7.92. The van der Waals surface area contributed by atoms with Crippen molar-refractivity contribution in [2.45, 2.75) is 32.6 Å². The number of amides is 1. The minimum absolute atomic E-state index is 0.0222. The van der Waals surface area contributed by atoms with Crippen molar-refractivity contribution in [3.8, 4) is 11.5 Å². The molecule has 4 rings (SSSR count). The molecular formula is C24H24N2O4S. The second kappa shape index (κ2) is 7.42. The van der Waals surface area contributed by atoms with Gasteiger partial charge in [0.15, 0.2) is 5.75 Å². The van der Waals surface area contributed by atoms with E-state index >= 15 is 0 Å². The highest BCUT2D eigenvalue weighted by atomic mass is 32.2. The molecule has 0 bridgehead atoms. The summed E-state index contributed by atoms with van der Waals surface area (Å²) in [6.07, 6.45) is 0. The van der Waals surface area contributed by atoms with Crippen molar-refractivity contribution in [1.29, 1.82) is 0 Å². The number of aryl methyl sites for hydroxylation is 4. The number of nitrogens with one attached hydrogen (secondary N) is 1. The summed E-state index contributed by atoms with van der Waals surface area (Å²) in [5, 5.41) is 2.80. The molecule has 0 radical (unpaired) electrons. The number of fused-ring (bicyclic) bond motifs is 2. The number of sulfonamides is 1. The second-order valence-corrected chi connectivity index (χ2v) is 9.90. The predicted octanol–water partition coefficient (Wildman–Crippen LogP) is 5.10. The highest BCUT2D eigenvalue weighted by Gasteiger charge is 2.28. The standard InChI is InChI=1S/C24H24N2O4S/c1-14-6-8-20-22(12-14)30-21-9-7-18(13-19(21)24(27)25-20)31(28,29)26(5)23-16(3)10-15(2)11-17(23)4/h6-13H,1-5H3,(H,25,27). The molecule has 0 atom stereocenters. The molecule has 0 aliphatic carbocycles. The summed E-state index contributed by atoms with van der Waals surface area (Å²) in [6.45, 7) is 7.68. The first kappa shape index (κ1) is 20.9. The van der Waals surface area contributed by atoms with Crippen LogP contribution in [0.3, 0.4) is 0 Å². The maximum atomic E-state index is 13.4. The number of rotatable bonds is 3. The van der Waals surface area contributed by atoms with Crippen LogP contribution in [-0.4, -0.2) is 21.4 Å². The van der Waals surface area contributed by atoms with Crippen molar-refractivity contribution < 1.29 is 17.9 Å². The van der Waals surface area contributed by atoms with E-state index in [2.05, 4.69) is 5.32 Å². The molecule has 7 heteroatoms. The fourth-order valence-electron chi connectivity index (χ4n) is 4.01. The first-order valence-electron chi connectivity index (χ1n) is 9.88. The first-order valence-corrected chi connectivity index (χ1v) is 11.3. The minimum Gasteiger partial charge on any atom is -0.454 e. The van der Waals surface area contributed by atoms with E-state index in [-0.39, 0.29) is 10.5 Å². The average Bonchev–Trinajstić information content (AvgIpc) is 2.82. The van der Waals surface area contributed by atoms with Crippen LogP contribution in [0.25, 0.3) is 0 Å².